The number of ether oxygens (including phenoxy) is 1. The van der Waals surface area contributed by atoms with Crippen LogP contribution in [0.4, 0.5) is 11.4 Å². The number of anilines is 2. The zero-order chi connectivity index (χ0) is 24.7. The molecule has 2 amide bonds. The predicted octanol–water partition coefficient (Wildman–Crippen LogP) is 4.52. The first-order valence-corrected chi connectivity index (χ1v) is 12.3. The van der Waals surface area contributed by atoms with E-state index in [-0.39, 0.29) is 34.7 Å². The van der Waals surface area contributed by atoms with Crippen LogP contribution in [0.2, 0.25) is 0 Å². The van der Waals surface area contributed by atoms with Gasteiger partial charge < -0.3 is 19.8 Å². The van der Waals surface area contributed by atoms with Crippen molar-refractivity contribution >= 4 is 33.0 Å². The SMILES string of the molecule is O=C(COc1cccc(NC(=O)c2ccc(CS(=O)(=O)c3ccccc3)o2)c1)Nc1ccccc1. The van der Waals surface area contributed by atoms with Gasteiger partial charge in [-0.25, -0.2) is 8.42 Å². The van der Waals surface area contributed by atoms with E-state index in [0.29, 0.717) is 17.1 Å². The smallest absolute Gasteiger partial charge is 0.291 e. The number of amides is 2. The summed E-state index contributed by atoms with van der Waals surface area (Å²) in [6.07, 6.45) is 0. The number of sulfone groups is 1. The van der Waals surface area contributed by atoms with Crippen LogP contribution < -0.4 is 15.4 Å². The molecule has 0 bridgehead atoms. The highest BCUT2D eigenvalue weighted by Gasteiger charge is 2.19. The Kier molecular flexibility index (Phi) is 7.27. The number of hydrogen-bond donors (Lipinski definition) is 2. The van der Waals surface area contributed by atoms with Crippen LogP contribution in [-0.4, -0.2) is 26.8 Å². The zero-order valence-corrected chi connectivity index (χ0v) is 19.3. The molecule has 0 unspecified atom stereocenters. The molecule has 0 saturated carbocycles. The second-order valence-electron chi connectivity index (χ2n) is 7.52. The molecule has 0 aliphatic carbocycles. The first-order chi connectivity index (χ1) is 16.9. The Labute approximate surface area is 202 Å². The molecule has 1 aromatic heterocycles. The van der Waals surface area contributed by atoms with Crippen molar-refractivity contribution in [1.82, 2.24) is 0 Å². The van der Waals surface area contributed by atoms with Gasteiger partial charge in [0.25, 0.3) is 11.8 Å². The lowest BCUT2D eigenvalue weighted by atomic mass is 10.3. The minimum atomic E-state index is -3.60. The van der Waals surface area contributed by atoms with Gasteiger partial charge in [0.1, 0.15) is 17.3 Å². The Morgan fingerprint density at radius 3 is 2.20 bits per heavy atom. The first-order valence-electron chi connectivity index (χ1n) is 10.6. The summed E-state index contributed by atoms with van der Waals surface area (Å²) in [4.78, 5) is 24.8. The van der Waals surface area contributed by atoms with Gasteiger partial charge in [0, 0.05) is 17.4 Å². The van der Waals surface area contributed by atoms with E-state index in [0.717, 1.165) is 0 Å². The lowest BCUT2D eigenvalue weighted by Crippen LogP contribution is -2.20. The van der Waals surface area contributed by atoms with Crippen LogP contribution in [0.25, 0.3) is 0 Å². The molecule has 0 fully saturated rings. The summed E-state index contributed by atoms with van der Waals surface area (Å²) in [7, 11) is -3.60. The second kappa shape index (κ2) is 10.7. The maximum Gasteiger partial charge on any atom is 0.291 e. The van der Waals surface area contributed by atoms with Crippen LogP contribution in [0.1, 0.15) is 16.3 Å². The van der Waals surface area contributed by atoms with Crippen molar-refractivity contribution in [3.63, 3.8) is 0 Å². The monoisotopic (exact) mass is 490 g/mol. The largest absolute Gasteiger partial charge is 0.484 e. The molecule has 178 valence electrons. The van der Waals surface area contributed by atoms with Crippen molar-refractivity contribution in [3.8, 4) is 5.75 Å². The molecule has 8 nitrogen and oxygen atoms in total. The maximum atomic E-state index is 12.6. The van der Waals surface area contributed by atoms with Crippen LogP contribution in [-0.2, 0) is 20.4 Å². The number of para-hydroxylation sites is 1. The summed E-state index contributed by atoms with van der Waals surface area (Å²) >= 11 is 0. The third-order valence-electron chi connectivity index (χ3n) is 4.84. The molecule has 2 N–H and O–H groups in total. The number of hydrogen-bond acceptors (Lipinski definition) is 6. The van der Waals surface area contributed by atoms with Gasteiger partial charge in [0.2, 0.25) is 0 Å². The van der Waals surface area contributed by atoms with Gasteiger partial charge in [-0.15, -0.1) is 0 Å². The molecule has 35 heavy (non-hydrogen) atoms. The van der Waals surface area contributed by atoms with Gasteiger partial charge >= 0.3 is 0 Å². The Balaban J connectivity index is 1.33. The fraction of sp³-hybridized carbons (Fsp3) is 0.0769. The van der Waals surface area contributed by atoms with Gasteiger partial charge in [-0.1, -0.05) is 42.5 Å². The van der Waals surface area contributed by atoms with E-state index in [9.17, 15) is 18.0 Å². The average molecular weight is 491 g/mol. The number of carbonyl (C=O) groups is 2. The van der Waals surface area contributed by atoms with E-state index in [4.69, 9.17) is 9.15 Å². The molecule has 4 aromatic rings. The summed E-state index contributed by atoms with van der Waals surface area (Å²) in [6.45, 7) is -0.205. The van der Waals surface area contributed by atoms with Crippen LogP contribution in [0, 0.1) is 0 Å². The Bertz CT molecular complexity index is 1420. The van der Waals surface area contributed by atoms with E-state index < -0.39 is 15.7 Å². The minimum absolute atomic E-state index is 0.0307. The normalized spacial score (nSPS) is 11.0. The molecule has 0 aliphatic rings. The van der Waals surface area contributed by atoms with Crippen molar-refractivity contribution in [3.05, 3.63) is 109 Å². The summed E-state index contributed by atoms with van der Waals surface area (Å²) in [5.74, 6) is -0.720. The van der Waals surface area contributed by atoms with Gasteiger partial charge in [-0.2, -0.15) is 0 Å². The molecular formula is C26H22N2O6S. The molecule has 1 heterocycles. The molecule has 0 saturated heterocycles. The van der Waals surface area contributed by atoms with Crippen molar-refractivity contribution < 1.29 is 27.2 Å². The summed E-state index contributed by atoms with van der Waals surface area (Å²) in [5, 5.41) is 5.39. The number of benzene rings is 3. The number of furan rings is 1. The van der Waals surface area contributed by atoms with Crippen LogP contribution in [0.15, 0.2) is 106 Å². The van der Waals surface area contributed by atoms with Gasteiger partial charge in [-0.05, 0) is 48.5 Å². The quantitative estimate of drug-likeness (QED) is 0.356. The Morgan fingerprint density at radius 2 is 1.46 bits per heavy atom. The lowest BCUT2D eigenvalue weighted by Gasteiger charge is -2.09. The molecule has 0 radical (unpaired) electrons. The first kappa shape index (κ1) is 23.8. The Hall–Kier alpha value is -4.37. The molecule has 3 aromatic carbocycles. The Morgan fingerprint density at radius 1 is 0.771 bits per heavy atom. The zero-order valence-electron chi connectivity index (χ0n) is 18.5. The highest BCUT2D eigenvalue weighted by molar-refractivity contribution is 7.90. The van der Waals surface area contributed by atoms with Crippen LogP contribution in [0.5, 0.6) is 5.75 Å². The molecule has 0 atom stereocenters. The number of carbonyl (C=O) groups excluding carboxylic acids is 2. The van der Waals surface area contributed by atoms with E-state index in [2.05, 4.69) is 10.6 Å². The highest BCUT2D eigenvalue weighted by Crippen LogP contribution is 2.21. The van der Waals surface area contributed by atoms with Crippen molar-refractivity contribution in [2.24, 2.45) is 0 Å². The molecular weight excluding hydrogens is 468 g/mol. The van der Waals surface area contributed by atoms with Crippen LogP contribution in [0.3, 0.4) is 0 Å². The third-order valence-corrected chi connectivity index (χ3v) is 6.49. The van der Waals surface area contributed by atoms with Crippen molar-refractivity contribution in [2.45, 2.75) is 10.6 Å². The van der Waals surface area contributed by atoms with E-state index in [1.807, 2.05) is 18.2 Å². The van der Waals surface area contributed by atoms with Gasteiger partial charge in [0.05, 0.1) is 4.90 Å². The molecule has 9 heteroatoms. The fourth-order valence-corrected chi connectivity index (χ4v) is 4.47. The molecule has 0 spiro atoms. The molecule has 0 aliphatic heterocycles. The van der Waals surface area contributed by atoms with E-state index >= 15 is 0 Å². The standard InChI is InChI=1S/C26H22N2O6S/c29-25(27-19-8-3-1-4-9-19)17-33-21-11-7-10-20(16-21)28-26(30)24-15-14-22(34-24)18-35(31,32)23-12-5-2-6-13-23/h1-16H,17-18H2,(H,27,29)(H,28,30). The van der Waals surface area contributed by atoms with Gasteiger partial charge in [-0.3, -0.25) is 9.59 Å². The maximum absolute atomic E-state index is 12.6. The topological polar surface area (TPSA) is 115 Å². The summed E-state index contributed by atoms with van der Waals surface area (Å²) < 4.78 is 36.0. The summed E-state index contributed by atoms with van der Waals surface area (Å²) in [6, 6.07) is 26.5. The van der Waals surface area contributed by atoms with E-state index in [1.165, 1.54) is 24.3 Å². The van der Waals surface area contributed by atoms with Crippen molar-refractivity contribution in [2.75, 3.05) is 17.2 Å². The number of nitrogens with one attached hydrogen (secondary N) is 2. The molecule has 4 rings (SSSR count). The third kappa shape index (κ3) is 6.58. The predicted molar refractivity (Wildman–Crippen MR) is 131 cm³/mol. The fourth-order valence-electron chi connectivity index (χ4n) is 3.20. The lowest BCUT2D eigenvalue weighted by molar-refractivity contribution is -0.118. The van der Waals surface area contributed by atoms with Crippen molar-refractivity contribution in [1.29, 1.82) is 0 Å². The number of rotatable bonds is 9. The van der Waals surface area contributed by atoms with Gasteiger partial charge in [0.15, 0.2) is 22.2 Å². The van der Waals surface area contributed by atoms with E-state index in [1.54, 1.807) is 54.6 Å². The summed E-state index contributed by atoms with van der Waals surface area (Å²) in [5.41, 5.74) is 1.09. The van der Waals surface area contributed by atoms with Crippen LogP contribution >= 0.6 is 0 Å². The second-order valence-corrected chi connectivity index (χ2v) is 9.51. The minimum Gasteiger partial charge on any atom is -0.484 e. The highest BCUT2D eigenvalue weighted by atomic mass is 32.2. The average Bonchev–Trinajstić information content (AvgIpc) is 3.32.